The van der Waals surface area contributed by atoms with Crippen molar-refractivity contribution in [3.05, 3.63) is 34.9 Å². The molecule has 0 spiro atoms. The van der Waals surface area contributed by atoms with Crippen LogP contribution in [0.25, 0.3) is 0 Å². The Labute approximate surface area is 139 Å². The fraction of sp³-hybridized carbons (Fsp3) is 0.400. The largest absolute Gasteiger partial charge is 0.480 e. The number of nitrogens with one attached hydrogen (secondary N) is 1. The van der Waals surface area contributed by atoms with Gasteiger partial charge in [0.15, 0.2) is 0 Å². The lowest BCUT2D eigenvalue weighted by atomic mass is 10.1. The lowest BCUT2D eigenvalue weighted by molar-refractivity contribution is -0.140. The normalized spacial score (nSPS) is 12.6. The van der Waals surface area contributed by atoms with E-state index in [1.165, 1.54) is 19.1 Å². The molecule has 23 heavy (non-hydrogen) atoms. The van der Waals surface area contributed by atoms with Gasteiger partial charge in [-0.25, -0.2) is 0 Å². The van der Waals surface area contributed by atoms with Crippen LogP contribution in [0.3, 0.4) is 0 Å². The van der Waals surface area contributed by atoms with E-state index in [1.54, 1.807) is 26.0 Å². The van der Waals surface area contributed by atoms with Crippen LogP contribution in [0.5, 0.6) is 0 Å². The van der Waals surface area contributed by atoms with E-state index in [9.17, 15) is 14.4 Å². The Morgan fingerprint density at radius 2 is 1.52 bits per heavy atom. The molecule has 5 N–H and O–H groups in total. The van der Waals surface area contributed by atoms with Crippen molar-refractivity contribution in [1.29, 1.82) is 0 Å². The van der Waals surface area contributed by atoms with Crippen molar-refractivity contribution in [2.24, 2.45) is 11.7 Å². The highest BCUT2D eigenvalue weighted by molar-refractivity contribution is 6.30. The molecular weight excluding hydrogens is 324 g/mol. The summed E-state index contributed by atoms with van der Waals surface area (Å²) in [5, 5.41) is 19.7. The van der Waals surface area contributed by atoms with E-state index >= 15 is 0 Å². The van der Waals surface area contributed by atoms with Crippen LogP contribution in [0.2, 0.25) is 5.02 Å². The molecule has 0 saturated heterocycles. The summed E-state index contributed by atoms with van der Waals surface area (Å²) in [5.41, 5.74) is 5.54. The van der Waals surface area contributed by atoms with Crippen LogP contribution in [-0.4, -0.2) is 40.1 Å². The van der Waals surface area contributed by atoms with Gasteiger partial charge in [0.05, 0.1) is 0 Å². The predicted octanol–water partition coefficient (Wildman–Crippen LogP) is 1.60. The van der Waals surface area contributed by atoms with Crippen LogP contribution in [0.1, 0.15) is 31.1 Å². The van der Waals surface area contributed by atoms with Gasteiger partial charge in [0.2, 0.25) is 0 Å². The smallest absolute Gasteiger partial charge is 0.325 e. The highest BCUT2D eigenvalue weighted by atomic mass is 35.5. The van der Waals surface area contributed by atoms with Gasteiger partial charge in [-0.15, -0.1) is 0 Å². The van der Waals surface area contributed by atoms with Crippen molar-refractivity contribution < 1.29 is 24.6 Å². The molecule has 0 radical (unpaired) electrons. The molecule has 0 aromatic heterocycles. The first-order valence-electron chi connectivity index (χ1n) is 6.83. The predicted molar refractivity (Wildman–Crippen MR) is 86.5 cm³/mol. The number of halogens is 1. The molecule has 1 aromatic rings. The number of carboxylic acids is 2. The zero-order valence-electron chi connectivity index (χ0n) is 13.1. The Morgan fingerprint density at radius 3 is 1.83 bits per heavy atom. The van der Waals surface area contributed by atoms with Gasteiger partial charge in [-0.1, -0.05) is 25.4 Å². The minimum Gasteiger partial charge on any atom is -0.480 e. The number of nitrogens with two attached hydrogens (primary N) is 1. The van der Waals surface area contributed by atoms with E-state index in [0.717, 1.165) is 0 Å². The molecular formula is C15H21ClN2O5. The van der Waals surface area contributed by atoms with Gasteiger partial charge in [0, 0.05) is 10.6 Å². The first kappa shape index (κ1) is 20.9. The number of hydrogen-bond acceptors (Lipinski definition) is 4. The highest BCUT2D eigenvalue weighted by Crippen LogP contribution is 2.09. The van der Waals surface area contributed by atoms with E-state index in [1.807, 2.05) is 0 Å². The van der Waals surface area contributed by atoms with E-state index in [-0.39, 0.29) is 5.92 Å². The van der Waals surface area contributed by atoms with Gasteiger partial charge in [0.1, 0.15) is 12.1 Å². The summed E-state index contributed by atoms with van der Waals surface area (Å²) in [6, 6.07) is 4.59. The summed E-state index contributed by atoms with van der Waals surface area (Å²) in [5.74, 6) is -2.41. The molecule has 0 saturated carbocycles. The molecule has 0 unspecified atom stereocenters. The minimum absolute atomic E-state index is 0.0208. The van der Waals surface area contributed by atoms with E-state index in [4.69, 9.17) is 27.5 Å². The molecule has 2 atom stereocenters. The monoisotopic (exact) mass is 344 g/mol. The number of carbonyl (C=O) groups excluding carboxylic acids is 1. The number of carbonyl (C=O) groups is 3. The Bertz CT molecular complexity index is 545. The fourth-order valence-electron chi connectivity index (χ4n) is 1.23. The number of carboxylic acid groups (broad SMARTS) is 2. The maximum Gasteiger partial charge on any atom is 0.325 e. The Balaban J connectivity index is 0.000000515. The van der Waals surface area contributed by atoms with Crippen molar-refractivity contribution in [2.75, 3.05) is 0 Å². The number of aliphatic carboxylic acids is 2. The minimum atomic E-state index is -1.07. The van der Waals surface area contributed by atoms with Crippen molar-refractivity contribution in [3.8, 4) is 0 Å². The molecule has 1 rings (SSSR count). The lowest BCUT2D eigenvalue weighted by Gasteiger charge is -2.08. The third-order valence-corrected chi connectivity index (χ3v) is 3.08. The third kappa shape index (κ3) is 8.18. The summed E-state index contributed by atoms with van der Waals surface area (Å²) in [6.45, 7) is 4.95. The first-order valence-corrected chi connectivity index (χ1v) is 7.21. The fourth-order valence-corrected chi connectivity index (χ4v) is 1.35. The molecule has 1 aromatic carbocycles. The van der Waals surface area contributed by atoms with Crippen molar-refractivity contribution in [3.63, 3.8) is 0 Å². The second-order valence-electron chi connectivity index (χ2n) is 5.15. The number of amides is 1. The van der Waals surface area contributed by atoms with Crippen molar-refractivity contribution in [1.82, 2.24) is 5.32 Å². The van der Waals surface area contributed by atoms with Gasteiger partial charge in [-0.2, -0.15) is 0 Å². The summed E-state index contributed by atoms with van der Waals surface area (Å²) in [4.78, 5) is 32.0. The van der Waals surface area contributed by atoms with Crippen molar-refractivity contribution in [2.45, 2.75) is 32.9 Å². The number of rotatable bonds is 5. The van der Waals surface area contributed by atoms with E-state index in [0.29, 0.717) is 10.6 Å². The second-order valence-corrected chi connectivity index (χ2v) is 5.58. The average Bonchev–Trinajstić information content (AvgIpc) is 2.47. The Kier molecular flexibility index (Phi) is 8.90. The Hall–Kier alpha value is -2.12. The molecule has 0 bridgehead atoms. The number of benzene rings is 1. The van der Waals surface area contributed by atoms with Crippen LogP contribution < -0.4 is 11.1 Å². The van der Waals surface area contributed by atoms with Gasteiger partial charge in [-0.05, 0) is 37.1 Å². The molecule has 0 fully saturated rings. The lowest BCUT2D eigenvalue weighted by Crippen LogP contribution is -2.38. The topological polar surface area (TPSA) is 130 Å². The molecule has 8 heteroatoms. The summed E-state index contributed by atoms with van der Waals surface area (Å²) in [7, 11) is 0. The van der Waals surface area contributed by atoms with Crippen molar-refractivity contribution >= 4 is 29.4 Å². The van der Waals surface area contributed by atoms with E-state index < -0.39 is 29.9 Å². The van der Waals surface area contributed by atoms with E-state index in [2.05, 4.69) is 5.32 Å². The molecule has 0 aliphatic rings. The highest BCUT2D eigenvalue weighted by Gasteiger charge is 2.15. The SMILES string of the molecule is CC(C)[C@H](N)C(=O)O.C[C@H](NC(=O)c1ccc(Cl)cc1)C(=O)O. The van der Waals surface area contributed by atoms with Gasteiger partial charge >= 0.3 is 11.9 Å². The molecule has 128 valence electrons. The standard InChI is InChI=1S/C10H10ClNO3.C5H11NO2/c1-6(10(14)15)12-9(13)7-2-4-8(11)5-3-7;1-3(2)4(6)5(7)8/h2-6H,1H3,(H,12,13)(H,14,15);3-4H,6H2,1-2H3,(H,7,8)/t6-;4-/m00/s1. The van der Waals surface area contributed by atoms with Crippen LogP contribution in [0.4, 0.5) is 0 Å². The quantitative estimate of drug-likeness (QED) is 0.642. The summed E-state index contributed by atoms with van der Waals surface area (Å²) in [6.07, 6.45) is 0. The molecule has 1 amide bonds. The van der Waals surface area contributed by atoms with Gasteiger partial charge < -0.3 is 21.3 Å². The Morgan fingerprint density at radius 1 is 1.04 bits per heavy atom. The molecule has 0 aliphatic heterocycles. The van der Waals surface area contributed by atoms with Gasteiger partial charge in [0.25, 0.3) is 5.91 Å². The molecule has 0 heterocycles. The van der Waals surface area contributed by atoms with Crippen LogP contribution in [0.15, 0.2) is 24.3 Å². The average molecular weight is 345 g/mol. The third-order valence-electron chi connectivity index (χ3n) is 2.83. The number of hydrogen-bond donors (Lipinski definition) is 4. The molecule has 7 nitrogen and oxygen atoms in total. The zero-order chi connectivity index (χ0) is 18.2. The van der Waals surface area contributed by atoms with Gasteiger partial charge in [-0.3, -0.25) is 14.4 Å². The zero-order valence-corrected chi connectivity index (χ0v) is 13.9. The van der Waals surface area contributed by atoms with Crippen LogP contribution >= 0.6 is 11.6 Å². The van der Waals surface area contributed by atoms with Crippen LogP contribution in [0, 0.1) is 5.92 Å². The van der Waals surface area contributed by atoms with Crippen LogP contribution in [-0.2, 0) is 9.59 Å². The first-order chi connectivity index (χ1) is 10.6. The maximum absolute atomic E-state index is 11.5. The molecule has 0 aliphatic carbocycles. The maximum atomic E-state index is 11.5. The summed E-state index contributed by atoms with van der Waals surface area (Å²) < 4.78 is 0. The second kappa shape index (κ2) is 9.81. The summed E-state index contributed by atoms with van der Waals surface area (Å²) >= 11 is 5.65.